The summed E-state index contributed by atoms with van der Waals surface area (Å²) in [6, 6.07) is 13.6. The van der Waals surface area contributed by atoms with Crippen LogP contribution in [0.3, 0.4) is 0 Å². The minimum atomic E-state index is -1.89. The second-order valence-corrected chi connectivity index (χ2v) is 14.7. The minimum Gasteiger partial charge on any atom is -0.412 e. The van der Waals surface area contributed by atoms with Crippen molar-refractivity contribution in [1.82, 2.24) is 0 Å². The van der Waals surface area contributed by atoms with Gasteiger partial charge in [0.15, 0.2) is 8.32 Å². The molecule has 2 aromatic rings. The number of carbonyl (C=O) groups is 1. The summed E-state index contributed by atoms with van der Waals surface area (Å²) < 4.78 is 7.33. The molecule has 0 atom stereocenters. The Morgan fingerprint density at radius 1 is 1.11 bits per heavy atom. The van der Waals surface area contributed by atoms with Crippen LogP contribution in [0.5, 0.6) is 0 Å². The second kappa shape index (κ2) is 8.93. The van der Waals surface area contributed by atoms with Crippen LogP contribution in [-0.2, 0) is 11.0 Å². The Morgan fingerprint density at radius 2 is 1.71 bits per heavy atom. The Morgan fingerprint density at radius 3 is 2.25 bits per heavy atom. The molecule has 0 unspecified atom stereocenters. The van der Waals surface area contributed by atoms with E-state index in [0.717, 1.165) is 15.7 Å². The normalized spacial score (nSPS) is 12.3. The maximum atomic E-state index is 12.8. The van der Waals surface area contributed by atoms with Crippen LogP contribution in [0.15, 0.2) is 46.9 Å². The highest BCUT2D eigenvalue weighted by Crippen LogP contribution is 2.38. The van der Waals surface area contributed by atoms with Gasteiger partial charge in [0.25, 0.3) is 5.91 Å². The zero-order valence-electron chi connectivity index (χ0n) is 18.0. The number of amides is 1. The van der Waals surface area contributed by atoms with Crippen molar-refractivity contribution < 1.29 is 9.22 Å². The van der Waals surface area contributed by atoms with Crippen molar-refractivity contribution in [2.45, 2.75) is 65.3 Å². The first-order chi connectivity index (χ1) is 12.9. The van der Waals surface area contributed by atoms with Crippen molar-refractivity contribution in [2.24, 2.45) is 0 Å². The van der Waals surface area contributed by atoms with E-state index in [9.17, 15) is 4.79 Å². The van der Waals surface area contributed by atoms with E-state index in [-0.39, 0.29) is 10.9 Å². The number of hydrogen-bond donors (Lipinski definition) is 1. The van der Waals surface area contributed by atoms with E-state index in [4.69, 9.17) is 4.43 Å². The van der Waals surface area contributed by atoms with Crippen molar-refractivity contribution >= 4 is 35.8 Å². The lowest BCUT2D eigenvalue weighted by Gasteiger charge is -2.36. The molecule has 0 radical (unpaired) electrons. The van der Waals surface area contributed by atoms with Gasteiger partial charge in [0.2, 0.25) is 0 Å². The Balaban J connectivity index is 2.20. The van der Waals surface area contributed by atoms with E-state index in [1.807, 2.05) is 42.5 Å². The molecule has 0 saturated carbocycles. The molecule has 2 rings (SSSR count). The van der Waals surface area contributed by atoms with E-state index in [1.165, 1.54) is 5.56 Å². The zero-order valence-corrected chi connectivity index (χ0v) is 20.6. The van der Waals surface area contributed by atoms with Crippen LogP contribution in [0.2, 0.25) is 18.1 Å². The summed E-state index contributed by atoms with van der Waals surface area (Å²) in [7, 11) is -1.89. The van der Waals surface area contributed by atoms with Crippen molar-refractivity contribution in [2.75, 3.05) is 5.32 Å². The standard InChI is InChI=1S/C23H32BrNO2Si/c1-16(2)17-11-13-18(14-12-17)22(26)25-21-10-8-9-20(24)19(21)15-27-28(6,7)23(3,4)5/h8-14,16H,15H2,1-7H3,(H,25,26). The molecule has 0 aliphatic heterocycles. The van der Waals surface area contributed by atoms with Crippen LogP contribution in [-0.4, -0.2) is 14.2 Å². The summed E-state index contributed by atoms with van der Waals surface area (Å²) in [4.78, 5) is 12.8. The number of carbonyl (C=O) groups excluding carboxylic acids is 1. The van der Waals surface area contributed by atoms with E-state index in [2.05, 4.69) is 69.0 Å². The topological polar surface area (TPSA) is 38.3 Å². The molecular weight excluding hydrogens is 430 g/mol. The third kappa shape index (κ3) is 5.55. The first kappa shape index (κ1) is 22.9. The molecule has 1 amide bonds. The van der Waals surface area contributed by atoms with Crippen LogP contribution in [0.25, 0.3) is 0 Å². The third-order valence-electron chi connectivity index (χ3n) is 5.59. The van der Waals surface area contributed by atoms with Crippen LogP contribution in [0.1, 0.15) is 62.0 Å². The highest BCUT2D eigenvalue weighted by Gasteiger charge is 2.37. The Bertz CT molecular complexity index is 823. The van der Waals surface area contributed by atoms with Crippen LogP contribution < -0.4 is 5.32 Å². The molecule has 0 bridgehead atoms. The van der Waals surface area contributed by atoms with Crippen molar-refractivity contribution in [1.29, 1.82) is 0 Å². The number of hydrogen-bond acceptors (Lipinski definition) is 2. The Hall–Kier alpha value is -1.43. The van der Waals surface area contributed by atoms with Crippen molar-refractivity contribution in [3.63, 3.8) is 0 Å². The summed E-state index contributed by atoms with van der Waals surface area (Å²) in [5, 5.41) is 3.19. The van der Waals surface area contributed by atoms with Gasteiger partial charge in [-0.25, -0.2) is 0 Å². The minimum absolute atomic E-state index is 0.109. The van der Waals surface area contributed by atoms with E-state index in [1.54, 1.807) is 0 Å². The van der Waals surface area contributed by atoms with Crippen LogP contribution >= 0.6 is 15.9 Å². The summed E-state index contributed by atoms with van der Waals surface area (Å²) in [6.07, 6.45) is 0. The average molecular weight is 463 g/mol. The molecule has 152 valence electrons. The molecule has 0 aromatic heterocycles. The molecule has 0 fully saturated rings. The van der Waals surface area contributed by atoms with E-state index < -0.39 is 8.32 Å². The molecule has 0 aliphatic carbocycles. The van der Waals surface area contributed by atoms with Gasteiger partial charge >= 0.3 is 0 Å². The Labute approximate surface area is 179 Å². The van der Waals surface area contributed by atoms with Gasteiger partial charge < -0.3 is 9.74 Å². The monoisotopic (exact) mass is 461 g/mol. The van der Waals surface area contributed by atoms with E-state index in [0.29, 0.717) is 18.1 Å². The maximum absolute atomic E-state index is 12.8. The number of nitrogens with one attached hydrogen (secondary N) is 1. The molecule has 1 N–H and O–H groups in total. The van der Waals surface area contributed by atoms with Gasteiger partial charge in [-0.2, -0.15) is 0 Å². The lowest BCUT2D eigenvalue weighted by molar-refractivity contribution is 0.102. The number of benzene rings is 2. The zero-order chi connectivity index (χ0) is 21.1. The molecular formula is C23H32BrNO2Si. The molecule has 2 aromatic carbocycles. The van der Waals surface area contributed by atoms with Crippen LogP contribution in [0, 0.1) is 0 Å². The number of rotatable bonds is 6. The largest absolute Gasteiger partial charge is 0.412 e. The van der Waals surface area contributed by atoms with Gasteiger partial charge in [0.05, 0.1) is 6.61 Å². The predicted molar refractivity (Wildman–Crippen MR) is 125 cm³/mol. The quantitative estimate of drug-likeness (QED) is 0.456. The van der Waals surface area contributed by atoms with Crippen molar-refractivity contribution in [3.05, 3.63) is 63.6 Å². The molecule has 3 nitrogen and oxygen atoms in total. The molecule has 0 heterocycles. The summed E-state index contributed by atoms with van der Waals surface area (Å²) >= 11 is 3.62. The molecule has 0 saturated heterocycles. The Kier molecular flexibility index (Phi) is 7.29. The van der Waals surface area contributed by atoms with Crippen molar-refractivity contribution in [3.8, 4) is 0 Å². The first-order valence-electron chi connectivity index (χ1n) is 9.75. The maximum Gasteiger partial charge on any atom is 0.255 e. The molecule has 0 aliphatic rings. The van der Waals surface area contributed by atoms with Gasteiger partial charge in [-0.15, -0.1) is 0 Å². The first-order valence-corrected chi connectivity index (χ1v) is 13.4. The summed E-state index contributed by atoms with van der Waals surface area (Å²) in [5.74, 6) is 0.336. The second-order valence-electron chi connectivity index (χ2n) is 9.05. The predicted octanol–water partition coefficient (Wildman–Crippen LogP) is 7.35. The van der Waals surface area contributed by atoms with Gasteiger partial charge in [-0.3, -0.25) is 4.79 Å². The highest BCUT2D eigenvalue weighted by atomic mass is 79.9. The fraction of sp³-hybridized carbons (Fsp3) is 0.435. The molecule has 5 heteroatoms. The number of anilines is 1. The van der Waals surface area contributed by atoms with Gasteiger partial charge in [-0.1, -0.05) is 68.7 Å². The fourth-order valence-electron chi connectivity index (χ4n) is 2.51. The lowest BCUT2D eigenvalue weighted by Crippen LogP contribution is -2.40. The SMILES string of the molecule is CC(C)c1ccc(C(=O)Nc2cccc(Br)c2CO[Si](C)(C)C(C)(C)C)cc1. The highest BCUT2D eigenvalue weighted by molar-refractivity contribution is 9.10. The third-order valence-corrected chi connectivity index (χ3v) is 10.8. The van der Waals surface area contributed by atoms with Gasteiger partial charge in [0, 0.05) is 21.3 Å². The summed E-state index contributed by atoms with van der Waals surface area (Å²) in [6.45, 7) is 15.9. The fourth-order valence-corrected chi connectivity index (χ4v) is 3.92. The van der Waals surface area contributed by atoms with E-state index >= 15 is 0 Å². The smallest absolute Gasteiger partial charge is 0.255 e. The van der Waals surface area contributed by atoms with Gasteiger partial charge in [-0.05, 0) is 53.9 Å². The average Bonchev–Trinajstić information content (AvgIpc) is 2.60. The van der Waals surface area contributed by atoms with Gasteiger partial charge in [0.1, 0.15) is 0 Å². The van der Waals surface area contributed by atoms with Crippen LogP contribution in [0.4, 0.5) is 5.69 Å². The molecule has 0 spiro atoms. The molecule has 28 heavy (non-hydrogen) atoms. The summed E-state index contributed by atoms with van der Waals surface area (Å²) in [5.41, 5.74) is 3.63. The number of halogens is 1. The lowest BCUT2D eigenvalue weighted by atomic mass is 10.0.